The monoisotopic (exact) mass is 241 g/mol. The van der Waals surface area contributed by atoms with Crippen molar-refractivity contribution in [2.45, 2.75) is 18.9 Å². The van der Waals surface area contributed by atoms with Crippen LogP contribution in [0.1, 0.15) is 12.8 Å². The minimum atomic E-state index is 0.0580. The Kier molecular flexibility index (Phi) is 6.84. The van der Waals surface area contributed by atoms with Gasteiger partial charge in [0.25, 0.3) is 0 Å². The van der Waals surface area contributed by atoms with Crippen molar-refractivity contribution in [3.63, 3.8) is 0 Å². The van der Waals surface area contributed by atoms with Gasteiger partial charge in [0.15, 0.2) is 0 Å². The summed E-state index contributed by atoms with van der Waals surface area (Å²) in [4.78, 5) is 13.7. The van der Waals surface area contributed by atoms with E-state index in [0.29, 0.717) is 32.3 Å². The number of likely N-dealkylation sites (tertiary alicyclic amines) is 1. The third-order valence-electron chi connectivity index (χ3n) is 2.80. The highest BCUT2D eigenvalue weighted by Gasteiger charge is 2.17. The molecule has 5 heteroatoms. The number of nitrogens with zero attached hydrogens (tertiary/aromatic N) is 1. The van der Waals surface area contributed by atoms with E-state index in [1.54, 1.807) is 6.08 Å². The van der Waals surface area contributed by atoms with Gasteiger partial charge in [-0.2, -0.15) is 0 Å². The van der Waals surface area contributed by atoms with E-state index in [2.05, 4.69) is 16.8 Å². The molecule has 1 aliphatic heterocycles. The van der Waals surface area contributed by atoms with E-state index >= 15 is 0 Å². The van der Waals surface area contributed by atoms with E-state index < -0.39 is 0 Å². The van der Waals surface area contributed by atoms with Crippen LogP contribution in [0, 0.1) is 0 Å². The van der Waals surface area contributed by atoms with Gasteiger partial charge in [0.2, 0.25) is 5.91 Å². The lowest BCUT2D eigenvalue weighted by Crippen LogP contribution is -2.45. The normalized spacial score (nSPS) is 17.9. The molecule has 3 N–H and O–H groups in total. The van der Waals surface area contributed by atoms with Crippen molar-refractivity contribution in [2.24, 2.45) is 5.73 Å². The van der Waals surface area contributed by atoms with E-state index in [9.17, 15) is 4.79 Å². The Morgan fingerprint density at radius 2 is 2.24 bits per heavy atom. The summed E-state index contributed by atoms with van der Waals surface area (Å²) >= 11 is 0. The molecule has 0 aliphatic carbocycles. The number of hydrogen-bond donors (Lipinski definition) is 2. The average Bonchev–Trinajstić information content (AvgIpc) is 2.32. The summed E-state index contributed by atoms with van der Waals surface area (Å²) in [5.74, 6) is 0.0580. The third-order valence-corrected chi connectivity index (χ3v) is 2.80. The molecule has 0 aromatic rings. The molecule has 1 aliphatic rings. The van der Waals surface area contributed by atoms with Crippen LogP contribution < -0.4 is 11.1 Å². The fourth-order valence-corrected chi connectivity index (χ4v) is 1.80. The highest BCUT2D eigenvalue weighted by Crippen LogP contribution is 2.06. The first kappa shape index (κ1) is 14.2. The van der Waals surface area contributed by atoms with Gasteiger partial charge in [0.1, 0.15) is 0 Å². The molecule has 0 atom stereocenters. The van der Waals surface area contributed by atoms with Crippen molar-refractivity contribution in [1.29, 1.82) is 0 Å². The van der Waals surface area contributed by atoms with Crippen LogP contribution in [0.3, 0.4) is 0 Å². The molecule has 0 aromatic heterocycles. The summed E-state index contributed by atoms with van der Waals surface area (Å²) in [6.07, 6.45) is 3.66. The lowest BCUT2D eigenvalue weighted by atomic mass is 10.1. The van der Waals surface area contributed by atoms with Crippen molar-refractivity contribution < 1.29 is 9.53 Å². The van der Waals surface area contributed by atoms with Gasteiger partial charge in [0, 0.05) is 25.7 Å². The van der Waals surface area contributed by atoms with Crippen molar-refractivity contribution >= 4 is 5.91 Å². The molecule has 1 amide bonds. The number of ether oxygens (including phenoxy) is 1. The van der Waals surface area contributed by atoms with Crippen LogP contribution in [0.15, 0.2) is 12.7 Å². The molecule has 0 bridgehead atoms. The minimum absolute atomic E-state index is 0.0580. The molecule has 17 heavy (non-hydrogen) atoms. The number of carbonyl (C=O) groups is 1. The topological polar surface area (TPSA) is 67.6 Å². The number of amides is 1. The Hall–Kier alpha value is -0.910. The number of piperidine rings is 1. The van der Waals surface area contributed by atoms with Gasteiger partial charge in [-0.05, 0) is 12.8 Å². The number of carbonyl (C=O) groups excluding carboxylic acids is 1. The van der Waals surface area contributed by atoms with E-state index in [1.165, 1.54) is 0 Å². The molecule has 1 fully saturated rings. The molecule has 0 radical (unpaired) electrons. The summed E-state index contributed by atoms with van der Waals surface area (Å²) in [5, 5.41) is 2.83. The Morgan fingerprint density at radius 3 is 2.88 bits per heavy atom. The Balaban J connectivity index is 2.02. The maximum Gasteiger partial charge on any atom is 0.234 e. The predicted octanol–water partition coefficient (Wildman–Crippen LogP) is -0.272. The highest BCUT2D eigenvalue weighted by atomic mass is 16.5. The largest absolute Gasteiger partial charge is 0.376 e. The first-order valence-electron chi connectivity index (χ1n) is 6.15. The molecule has 0 spiro atoms. The summed E-state index contributed by atoms with van der Waals surface area (Å²) in [6, 6.07) is 0.307. The molecular formula is C12H23N3O2. The predicted molar refractivity (Wildman–Crippen MR) is 67.7 cm³/mol. The molecule has 5 nitrogen and oxygen atoms in total. The van der Waals surface area contributed by atoms with Gasteiger partial charge >= 0.3 is 0 Å². The second-order valence-corrected chi connectivity index (χ2v) is 4.33. The number of hydrogen-bond acceptors (Lipinski definition) is 4. The molecule has 1 rings (SSSR count). The third kappa shape index (κ3) is 6.41. The smallest absolute Gasteiger partial charge is 0.234 e. The SMILES string of the molecule is C=CCOCCNC(=O)CN1CCC(N)CC1. The molecule has 0 unspecified atom stereocenters. The zero-order chi connectivity index (χ0) is 12.5. The van der Waals surface area contributed by atoms with Crippen LogP contribution in [-0.2, 0) is 9.53 Å². The van der Waals surface area contributed by atoms with Crippen LogP contribution in [0.5, 0.6) is 0 Å². The number of nitrogens with two attached hydrogens (primary N) is 1. The molecule has 1 saturated heterocycles. The second kappa shape index (κ2) is 8.22. The standard InChI is InChI=1S/C12H23N3O2/c1-2-8-17-9-5-14-12(16)10-15-6-3-11(13)4-7-15/h2,11H,1,3-10,13H2,(H,14,16). The van der Waals surface area contributed by atoms with E-state index in [4.69, 9.17) is 10.5 Å². The second-order valence-electron chi connectivity index (χ2n) is 4.33. The summed E-state index contributed by atoms with van der Waals surface area (Å²) < 4.78 is 5.17. The van der Waals surface area contributed by atoms with E-state index in [-0.39, 0.29) is 5.91 Å². The van der Waals surface area contributed by atoms with Crippen LogP contribution in [0.25, 0.3) is 0 Å². The van der Waals surface area contributed by atoms with Crippen LogP contribution in [0.2, 0.25) is 0 Å². The van der Waals surface area contributed by atoms with Crippen LogP contribution in [-0.4, -0.2) is 56.2 Å². The van der Waals surface area contributed by atoms with Crippen LogP contribution >= 0.6 is 0 Å². The quantitative estimate of drug-likeness (QED) is 0.475. The van der Waals surface area contributed by atoms with Crippen LogP contribution in [0.4, 0.5) is 0 Å². The number of rotatable bonds is 7. The summed E-state index contributed by atoms with van der Waals surface area (Å²) in [6.45, 7) is 7.46. The fraction of sp³-hybridized carbons (Fsp3) is 0.750. The van der Waals surface area contributed by atoms with Gasteiger partial charge in [-0.15, -0.1) is 6.58 Å². The number of nitrogens with one attached hydrogen (secondary N) is 1. The zero-order valence-electron chi connectivity index (χ0n) is 10.4. The first-order chi connectivity index (χ1) is 8.22. The highest BCUT2D eigenvalue weighted by molar-refractivity contribution is 5.77. The minimum Gasteiger partial charge on any atom is -0.376 e. The van der Waals surface area contributed by atoms with Gasteiger partial charge in [-0.25, -0.2) is 0 Å². The van der Waals surface area contributed by atoms with E-state index in [1.807, 2.05) is 0 Å². The van der Waals surface area contributed by atoms with Crippen molar-refractivity contribution in [2.75, 3.05) is 39.4 Å². The zero-order valence-corrected chi connectivity index (χ0v) is 10.4. The molecule has 0 saturated carbocycles. The van der Waals surface area contributed by atoms with Gasteiger partial charge in [0.05, 0.1) is 19.8 Å². The molecule has 98 valence electrons. The summed E-state index contributed by atoms with van der Waals surface area (Å²) in [7, 11) is 0. The molecule has 1 heterocycles. The maximum absolute atomic E-state index is 11.6. The first-order valence-corrected chi connectivity index (χ1v) is 6.15. The Bertz CT molecular complexity index is 238. The fourth-order valence-electron chi connectivity index (χ4n) is 1.80. The molecule has 0 aromatic carbocycles. The van der Waals surface area contributed by atoms with Gasteiger partial charge in [-0.1, -0.05) is 6.08 Å². The van der Waals surface area contributed by atoms with Gasteiger partial charge in [-0.3, -0.25) is 9.69 Å². The van der Waals surface area contributed by atoms with E-state index in [0.717, 1.165) is 25.9 Å². The van der Waals surface area contributed by atoms with Crippen molar-refractivity contribution in [3.05, 3.63) is 12.7 Å². The molecular weight excluding hydrogens is 218 g/mol. The average molecular weight is 241 g/mol. The maximum atomic E-state index is 11.6. The Morgan fingerprint density at radius 1 is 1.53 bits per heavy atom. The lowest BCUT2D eigenvalue weighted by Gasteiger charge is -2.29. The Labute approximate surface area is 103 Å². The lowest BCUT2D eigenvalue weighted by molar-refractivity contribution is -0.122. The summed E-state index contributed by atoms with van der Waals surface area (Å²) in [5.41, 5.74) is 5.80. The van der Waals surface area contributed by atoms with Crippen molar-refractivity contribution in [1.82, 2.24) is 10.2 Å². The van der Waals surface area contributed by atoms with Gasteiger partial charge < -0.3 is 15.8 Å². The van der Waals surface area contributed by atoms with Crippen molar-refractivity contribution in [3.8, 4) is 0 Å².